The van der Waals surface area contributed by atoms with Crippen LogP contribution >= 0.6 is 0 Å². The van der Waals surface area contributed by atoms with Crippen molar-refractivity contribution in [3.63, 3.8) is 0 Å². The van der Waals surface area contributed by atoms with Crippen LogP contribution in [0.25, 0.3) is 0 Å². The lowest BCUT2D eigenvalue weighted by Crippen LogP contribution is -2.30. The molecular formula is C21H26N2O3. The van der Waals surface area contributed by atoms with E-state index < -0.39 is 6.10 Å². The number of rotatable bonds is 6. The summed E-state index contributed by atoms with van der Waals surface area (Å²) in [5.41, 5.74) is 3.39. The first kappa shape index (κ1) is 19.5. The van der Waals surface area contributed by atoms with E-state index in [1.165, 1.54) is 6.92 Å². The van der Waals surface area contributed by atoms with Gasteiger partial charge in [0.25, 0.3) is 5.91 Å². The van der Waals surface area contributed by atoms with Crippen LogP contribution in [-0.4, -0.2) is 17.9 Å². The maximum Gasteiger partial charge on any atom is 0.265 e. The molecule has 0 saturated heterocycles. The first-order valence-corrected chi connectivity index (χ1v) is 8.72. The highest BCUT2D eigenvalue weighted by Crippen LogP contribution is 2.28. The summed E-state index contributed by atoms with van der Waals surface area (Å²) < 4.78 is 5.93. The van der Waals surface area contributed by atoms with Gasteiger partial charge in [0.15, 0.2) is 6.10 Å². The van der Waals surface area contributed by atoms with Gasteiger partial charge < -0.3 is 15.4 Å². The van der Waals surface area contributed by atoms with E-state index >= 15 is 0 Å². The van der Waals surface area contributed by atoms with E-state index in [9.17, 15) is 9.59 Å². The average molecular weight is 354 g/mol. The van der Waals surface area contributed by atoms with Crippen LogP contribution in [-0.2, 0) is 9.59 Å². The Morgan fingerprint density at radius 3 is 2.23 bits per heavy atom. The Balaban J connectivity index is 2.09. The molecule has 2 amide bonds. The van der Waals surface area contributed by atoms with E-state index in [0.717, 1.165) is 16.9 Å². The van der Waals surface area contributed by atoms with Crippen molar-refractivity contribution in [2.45, 2.75) is 46.6 Å². The number of hydrogen-bond acceptors (Lipinski definition) is 3. The third-order valence-corrected chi connectivity index (χ3v) is 3.91. The van der Waals surface area contributed by atoms with E-state index in [1.807, 2.05) is 25.1 Å². The highest BCUT2D eigenvalue weighted by molar-refractivity contribution is 5.95. The quantitative estimate of drug-likeness (QED) is 0.803. The third kappa shape index (κ3) is 5.34. The highest BCUT2D eigenvalue weighted by atomic mass is 16.5. The van der Waals surface area contributed by atoms with E-state index in [4.69, 9.17) is 4.74 Å². The summed E-state index contributed by atoms with van der Waals surface area (Å²) in [5.74, 6) is 0.622. The van der Waals surface area contributed by atoms with Gasteiger partial charge >= 0.3 is 0 Å². The van der Waals surface area contributed by atoms with Gasteiger partial charge in [0, 0.05) is 18.3 Å². The summed E-state index contributed by atoms with van der Waals surface area (Å²) in [6, 6.07) is 13.0. The van der Waals surface area contributed by atoms with Crippen molar-refractivity contribution in [3.05, 3.63) is 53.6 Å². The van der Waals surface area contributed by atoms with E-state index in [-0.39, 0.29) is 11.8 Å². The molecule has 0 aliphatic rings. The molecule has 5 heteroatoms. The van der Waals surface area contributed by atoms with Crippen molar-refractivity contribution < 1.29 is 14.3 Å². The number of carbonyl (C=O) groups excluding carboxylic acids is 2. The molecule has 138 valence electrons. The topological polar surface area (TPSA) is 67.4 Å². The second kappa shape index (κ2) is 8.52. The molecule has 2 aromatic rings. The summed E-state index contributed by atoms with van der Waals surface area (Å²) >= 11 is 0. The molecule has 0 aromatic heterocycles. The van der Waals surface area contributed by atoms with Gasteiger partial charge in [-0.05, 0) is 55.2 Å². The first-order chi connectivity index (χ1) is 12.3. The first-order valence-electron chi connectivity index (χ1n) is 8.72. The fourth-order valence-electron chi connectivity index (χ4n) is 2.59. The second-order valence-electron chi connectivity index (χ2n) is 6.71. The van der Waals surface area contributed by atoms with Gasteiger partial charge in [-0.1, -0.05) is 32.0 Å². The van der Waals surface area contributed by atoms with Gasteiger partial charge in [-0.2, -0.15) is 0 Å². The van der Waals surface area contributed by atoms with E-state index in [1.54, 1.807) is 31.2 Å². The summed E-state index contributed by atoms with van der Waals surface area (Å²) in [6.45, 7) is 9.34. The lowest BCUT2D eigenvalue weighted by molar-refractivity contribution is -0.122. The zero-order chi connectivity index (χ0) is 19.3. The molecule has 2 N–H and O–H groups in total. The summed E-state index contributed by atoms with van der Waals surface area (Å²) in [7, 11) is 0. The monoisotopic (exact) mass is 354 g/mol. The Morgan fingerprint density at radius 1 is 0.962 bits per heavy atom. The van der Waals surface area contributed by atoms with Crippen LogP contribution < -0.4 is 15.4 Å². The number of aryl methyl sites for hydroxylation is 1. The molecule has 0 heterocycles. The minimum Gasteiger partial charge on any atom is -0.481 e. The Hall–Kier alpha value is -2.82. The van der Waals surface area contributed by atoms with Crippen molar-refractivity contribution in [2.75, 3.05) is 10.6 Å². The normalized spacial score (nSPS) is 11.8. The molecule has 2 aromatic carbocycles. The zero-order valence-corrected chi connectivity index (χ0v) is 15.9. The summed E-state index contributed by atoms with van der Waals surface area (Å²) in [4.78, 5) is 23.6. The van der Waals surface area contributed by atoms with Crippen LogP contribution in [0.3, 0.4) is 0 Å². The number of amides is 2. The molecule has 0 bridgehead atoms. The zero-order valence-electron chi connectivity index (χ0n) is 15.9. The van der Waals surface area contributed by atoms with Crippen LogP contribution in [0, 0.1) is 6.92 Å². The fraction of sp³-hybridized carbons (Fsp3) is 0.333. The van der Waals surface area contributed by atoms with Crippen molar-refractivity contribution >= 4 is 23.2 Å². The Morgan fingerprint density at radius 2 is 1.62 bits per heavy atom. The van der Waals surface area contributed by atoms with Crippen molar-refractivity contribution in [3.8, 4) is 5.75 Å². The molecule has 1 unspecified atom stereocenters. The molecular weight excluding hydrogens is 328 g/mol. The molecule has 0 saturated carbocycles. The molecule has 0 fully saturated rings. The summed E-state index contributed by atoms with van der Waals surface area (Å²) in [6.07, 6.45) is -0.654. The summed E-state index contributed by atoms with van der Waals surface area (Å²) in [5, 5.41) is 5.52. The number of nitrogens with one attached hydrogen (secondary N) is 2. The molecule has 2 rings (SSSR count). The van der Waals surface area contributed by atoms with Crippen LogP contribution in [0.4, 0.5) is 11.4 Å². The predicted molar refractivity (Wildman–Crippen MR) is 105 cm³/mol. The van der Waals surface area contributed by atoms with Gasteiger partial charge in [0.1, 0.15) is 5.75 Å². The molecule has 0 spiro atoms. The molecule has 5 nitrogen and oxygen atoms in total. The molecule has 0 radical (unpaired) electrons. The van der Waals surface area contributed by atoms with Crippen molar-refractivity contribution in [2.24, 2.45) is 0 Å². The molecule has 1 atom stereocenters. The maximum atomic E-state index is 12.5. The Kier molecular flexibility index (Phi) is 6.39. The minimum absolute atomic E-state index is 0.161. The third-order valence-electron chi connectivity index (χ3n) is 3.91. The van der Waals surface area contributed by atoms with Crippen LogP contribution in [0.5, 0.6) is 5.75 Å². The van der Waals surface area contributed by atoms with Gasteiger partial charge in [-0.25, -0.2) is 0 Å². The van der Waals surface area contributed by atoms with E-state index in [2.05, 4.69) is 24.5 Å². The fourth-order valence-corrected chi connectivity index (χ4v) is 2.59. The number of benzene rings is 2. The number of anilines is 2. The molecule has 0 aliphatic carbocycles. The Bertz CT molecular complexity index is 800. The molecule has 0 aliphatic heterocycles. The van der Waals surface area contributed by atoms with E-state index in [0.29, 0.717) is 17.3 Å². The van der Waals surface area contributed by atoms with Crippen molar-refractivity contribution in [1.82, 2.24) is 0 Å². The molecule has 26 heavy (non-hydrogen) atoms. The SMILES string of the molecule is CC(=O)Nc1cccc(NC(=O)C(C)Oc2cc(C)ccc2C(C)C)c1. The number of ether oxygens (including phenoxy) is 1. The van der Waals surface area contributed by atoms with Crippen LogP contribution in [0.2, 0.25) is 0 Å². The average Bonchev–Trinajstić information content (AvgIpc) is 2.54. The maximum absolute atomic E-state index is 12.5. The van der Waals surface area contributed by atoms with Gasteiger partial charge in [-0.3, -0.25) is 9.59 Å². The second-order valence-corrected chi connectivity index (χ2v) is 6.71. The van der Waals surface area contributed by atoms with Crippen LogP contribution in [0.15, 0.2) is 42.5 Å². The lowest BCUT2D eigenvalue weighted by Gasteiger charge is -2.19. The standard InChI is InChI=1S/C21H26N2O3/c1-13(2)19-10-9-14(3)11-20(19)26-15(4)21(25)23-18-8-6-7-17(12-18)22-16(5)24/h6-13,15H,1-5H3,(H,22,24)(H,23,25). The number of carbonyl (C=O) groups is 2. The Labute approximate surface area is 154 Å². The van der Waals surface area contributed by atoms with Crippen LogP contribution in [0.1, 0.15) is 44.7 Å². The number of hydrogen-bond donors (Lipinski definition) is 2. The van der Waals surface area contributed by atoms with Gasteiger partial charge in [0.05, 0.1) is 0 Å². The predicted octanol–water partition coefficient (Wildman–Crippen LogP) is 4.48. The van der Waals surface area contributed by atoms with Crippen molar-refractivity contribution in [1.29, 1.82) is 0 Å². The minimum atomic E-state index is -0.654. The smallest absolute Gasteiger partial charge is 0.265 e. The highest BCUT2D eigenvalue weighted by Gasteiger charge is 2.18. The van der Waals surface area contributed by atoms with Gasteiger partial charge in [0.2, 0.25) is 5.91 Å². The lowest BCUT2D eigenvalue weighted by atomic mass is 10.0. The van der Waals surface area contributed by atoms with Gasteiger partial charge in [-0.15, -0.1) is 0 Å². The largest absolute Gasteiger partial charge is 0.481 e.